The van der Waals surface area contributed by atoms with Gasteiger partial charge in [0.15, 0.2) is 0 Å². The number of aliphatic hydroxyl groups excluding tert-OH is 1. The molecule has 1 heterocycles. The van der Waals surface area contributed by atoms with Crippen LogP contribution < -0.4 is 5.32 Å². The third kappa shape index (κ3) is 4.73. The van der Waals surface area contributed by atoms with Crippen LogP contribution in [-0.2, 0) is 19.1 Å². The Morgan fingerprint density at radius 2 is 1.95 bits per heavy atom. The number of esters is 1. The van der Waals surface area contributed by atoms with Crippen LogP contribution in [0.25, 0.3) is 0 Å². The lowest BCUT2D eigenvalue weighted by atomic mass is 10.1. The summed E-state index contributed by atoms with van der Waals surface area (Å²) < 4.78 is 9.84. The van der Waals surface area contributed by atoms with Crippen molar-refractivity contribution in [2.75, 3.05) is 13.7 Å². The van der Waals surface area contributed by atoms with E-state index in [0.717, 1.165) is 4.90 Å². The van der Waals surface area contributed by atoms with Gasteiger partial charge in [-0.15, -0.1) is 0 Å². The zero-order valence-electron chi connectivity index (χ0n) is 13.4. The zero-order valence-corrected chi connectivity index (χ0v) is 13.4. The summed E-state index contributed by atoms with van der Waals surface area (Å²) in [4.78, 5) is 36.3. The van der Waals surface area contributed by atoms with E-state index in [-0.39, 0.29) is 12.1 Å². The highest BCUT2D eigenvalue weighted by Gasteiger charge is 2.38. The maximum Gasteiger partial charge on any atom is 0.412 e. The Hall–Kier alpha value is -2.09. The van der Waals surface area contributed by atoms with E-state index in [0.29, 0.717) is 0 Å². The van der Waals surface area contributed by atoms with Crippen LogP contribution in [0.5, 0.6) is 0 Å². The fourth-order valence-corrected chi connectivity index (χ4v) is 1.95. The van der Waals surface area contributed by atoms with Crippen LogP contribution in [0, 0.1) is 0 Å². The first-order valence-electron chi connectivity index (χ1n) is 6.79. The average molecular weight is 314 g/mol. The third-order valence-corrected chi connectivity index (χ3v) is 2.80. The predicted octanol–water partition coefficient (Wildman–Crippen LogP) is 0.160. The van der Waals surface area contributed by atoms with Crippen LogP contribution in [0.2, 0.25) is 0 Å². The summed E-state index contributed by atoms with van der Waals surface area (Å²) in [6.45, 7) is 6.20. The number of methoxy groups -OCH3 is 1. The molecule has 0 fully saturated rings. The summed E-state index contributed by atoms with van der Waals surface area (Å²) in [5.41, 5.74) is -0.641. The van der Waals surface area contributed by atoms with Gasteiger partial charge in [-0.05, 0) is 26.8 Å². The highest BCUT2D eigenvalue weighted by Crippen LogP contribution is 2.20. The van der Waals surface area contributed by atoms with Gasteiger partial charge in [0.25, 0.3) is 0 Å². The number of rotatable bonds is 2. The minimum atomic E-state index is -1.25. The molecule has 8 heteroatoms. The smallest absolute Gasteiger partial charge is 0.412 e. The van der Waals surface area contributed by atoms with Gasteiger partial charge in [-0.25, -0.2) is 9.59 Å². The van der Waals surface area contributed by atoms with Gasteiger partial charge in [0.05, 0.1) is 19.2 Å². The molecule has 2 atom stereocenters. The van der Waals surface area contributed by atoms with E-state index in [1.165, 1.54) is 20.1 Å². The molecule has 0 aromatic carbocycles. The summed E-state index contributed by atoms with van der Waals surface area (Å²) >= 11 is 0. The normalized spacial score (nSPS) is 21.7. The minimum absolute atomic E-state index is 0.113. The lowest BCUT2D eigenvalue weighted by Gasteiger charge is -2.38. The number of carbonyl (C=O) groups excluding carboxylic acids is 3. The van der Waals surface area contributed by atoms with E-state index < -0.39 is 35.8 Å². The van der Waals surface area contributed by atoms with Crippen LogP contribution in [0.4, 0.5) is 4.79 Å². The van der Waals surface area contributed by atoms with E-state index in [1.54, 1.807) is 20.8 Å². The van der Waals surface area contributed by atoms with Crippen molar-refractivity contribution in [3.8, 4) is 0 Å². The van der Waals surface area contributed by atoms with E-state index >= 15 is 0 Å². The maximum absolute atomic E-state index is 12.3. The Balaban J connectivity index is 3.06. The van der Waals surface area contributed by atoms with E-state index in [2.05, 4.69) is 10.1 Å². The fourth-order valence-electron chi connectivity index (χ4n) is 1.95. The van der Waals surface area contributed by atoms with Crippen LogP contribution >= 0.6 is 0 Å². The molecule has 1 aliphatic rings. The van der Waals surface area contributed by atoms with Crippen molar-refractivity contribution in [1.29, 1.82) is 0 Å². The van der Waals surface area contributed by atoms with Crippen LogP contribution in [0.15, 0.2) is 11.6 Å². The van der Waals surface area contributed by atoms with E-state index in [9.17, 15) is 19.5 Å². The molecule has 22 heavy (non-hydrogen) atoms. The van der Waals surface area contributed by atoms with Crippen molar-refractivity contribution in [2.45, 2.75) is 45.6 Å². The molecule has 0 bridgehead atoms. The first kappa shape index (κ1) is 18.0. The summed E-state index contributed by atoms with van der Waals surface area (Å²) in [6.07, 6.45) is -1.76. The van der Waals surface area contributed by atoms with Gasteiger partial charge in [0.1, 0.15) is 17.9 Å². The maximum atomic E-state index is 12.3. The fraction of sp³-hybridized carbons (Fsp3) is 0.643. The van der Waals surface area contributed by atoms with Gasteiger partial charge in [-0.2, -0.15) is 0 Å². The molecule has 0 aromatic heterocycles. The minimum Gasteiger partial charge on any atom is -0.466 e. The molecule has 0 spiro atoms. The monoisotopic (exact) mass is 314 g/mol. The molecule has 0 radical (unpaired) electrons. The van der Waals surface area contributed by atoms with Crippen LogP contribution in [0.1, 0.15) is 27.7 Å². The van der Waals surface area contributed by atoms with Crippen LogP contribution in [0.3, 0.4) is 0 Å². The SMILES string of the molecule is COC(=O)C1=C[C@H](O)[C@@H](NC(C)=O)N(C(=O)OC(C)(C)C)C1. The number of ether oxygens (including phenoxy) is 2. The Morgan fingerprint density at radius 3 is 2.41 bits per heavy atom. The van der Waals surface area contributed by atoms with Gasteiger partial charge < -0.3 is 19.9 Å². The van der Waals surface area contributed by atoms with Gasteiger partial charge in [0, 0.05) is 6.92 Å². The van der Waals surface area contributed by atoms with Gasteiger partial charge in [-0.1, -0.05) is 0 Å². The molecular formula is C14H22N2O6. The number of aliphatic hydroxyl groups is 1. The number of amides is 2. The Kier molecular flexibility index (Phi) is 5.54. The largest absolute Gasteiger partial charge is 0.466 e. The zero-order chi connectivity index (χ0) is 17.1. The molecule has 124 valence electrons. The number of nitrogens with zero attached hydrogens (tertiary/aromatic N) is 1. The molecule has 0 aliphatic carbocycles. The second kappa shape index (κ2) is 6.78. The summed E-state index contributed by atoms with van der Waals surface area (Å²) in [6, 6.07) is 0. The molecule has 0 saturated heterocycles. The lowest BCUT2D eigenvalue weighted by Crippen LogP contribution is -2.59. The molecule has 8 nitrogen and oxygen atoms in total. The van der Waals surface area contributed by atoms with Crippen molar-refractivity contribution < 1.29 is 29.0 Å². The number of carbonyl (C=O) groups is 3. The van der Waals surface area contributed by atoms with E-state index in [1.807, 2.05) is 0 Å². The molecular weight excluding hydrogens is 292 g/mol. The summed E-state index contributed by atoms with van der Waals surface area (Å²) in [5, 5.41) is 12.6. The van der Waals surface area contributed by atoms with Gasteiger partial charge >= 0.3 is 12.1 Å². The molecule has 2 amide bonds. The highest BCUT2D eigenvalue weighted by atomic mass is 16.6. The number of nitrogens with one attached hydrogen (secondary N) is 1. The summed E-state index contributed by atoms with van der Waals surface area (Å²) in [5.74, 6) is -1.08. The molecule has 0 unspecified atom stereocenters. The third-order valence-electron chi connectivity index (χ3n) is 2.80. The quantitative estimate of drug-likeness (QED) is 0.703. The Bertz CT molecular complexity index is 494. The molecule has 1 rings (SSSR count). The number of hydrogen-bond acceptors (Lipinski definition) is 6. The lowest BCUT2D eigenvalue weighted by molar-refractivity contribution is -0.136. The topological polar surface area (TPSA) is 105 Å². The van der Waals surface area contributed by atoms with Gasteiger partial charge in [0.2, 0.25) is 5.91 Å². The van der Waals surface area contributed by atoms with Crippen LogP contribution in [-0.4, -0.2) is 59.5 Å². The second-order valence-corrected chi connectivity index (χ2v) is 5.93. The van der Waals surface area contributed by atoms with Crippen molar-refractivity contribution in [1.82, 2.24) is 10.2 Å². The predicted molar refractivity (Wildman–Crippen MR) is 76.7 cm³/mol. The Labute approximate surface area is 129 Å². The van der Waals surface area contributed by atoms with Crippen molar-refractivity contribution in [3.63, 3.8) is 0 Å². The highest BCUT2D eigenvalue weighted by molar-refractivity contribution is 5.90. The Morgan fingerprint density at radius 1 is 1.36 bits per heavy atom. The first-order chi connectivity index (χ1) is 10.0. The first-order valence-corrected chi connectivity index (χ1v) is 6.79. The summed E-state index contributed by atoms with van der Waals surface area (Å²) in [7, 11) is 1.20. The number of hydrogen-bond donors (Lipinski definition) is 2. The molecule has 1 aliphatic heterocycles. The molecule has 2 N–H and O–H groups in total. The standard InChI is InChI=1S/C14H22N2O6/c1-8(17)15-11-10(18)6-9(12(19)21-5)7-16(11)13(20)22-14(2,3)4/h6,10-11,18H,7H2,1-5H3,(H,15,17)/t10-,11-/m0/s1. The van der Waals surface area contributed by atoms with Gasteiger partial charge in [-0.3, -0.25) is 9.69 Å². The molecule has 0 aromatic rings. The average Bonchev–Trinajstić information content (AvgIpc) is 2.37. The second-order valence-electron chi connectivity index (χ2n) is 5.93. The van der Waals surface area contributed by atoms with E-state index in [4.69, 9.17) is 4.74 Å². The van der Waals surface area contributed by atoms with Crippen molar-refractivity contribution >= 4 is 18.0 Å². The molecule has 0 saturated carbocycles. The van der Waals surface area contributed by atoms with Crippen molar-refractivity contribution in [3.05, 3.63) is 11.6 Å². The van der Waals surface area contributed by atoms with Crippen molar-refractivity contribution in [2.24, 2.45) is 0 Å².